The lowest BCUT2D eigenvalue weighted by atomic mass is 9.74. The van der Waals surface area contributed by atoms with E-state index in [1.165, 1.54) is 19.3 Å². The Kier molecular flexibility index (Phi) is 5.48. The second-order valence-corrected chi connectivity index (χ2v) is 8.48. The molecule has 1 aliphatic heterocycles. The first kappa shape index (κ1) is 17.0. The summed E-state index contributed by atoms with van der Waals surface area (Å²) in [5, 5.41) is 0. The van der Waals surface area contributed by atoms with Crippen molar-refractivity contribution in [2.24, 2.45) is 17.1 Å². The zero-order chi connectivity index (χ0) is 15.5. The van der Waals surface area contributed by atoms with Crippen LogP contribution in [-0.4, -0.2) is 24.0 Å². The quantitative estimate of drug-likeness (QED) is 0.857. The van der Waals surface area contributed by atoms with Gasteiger partial charge >= 0.3 is 0 Å². The summed E-state index contributed by atoms with van der Waals surface area (Å²) in [6.45, 7) is 7.30. The smallest absolute Gasteiger partial charge is 0.137 e. The molecule has 2 aliphatic rings. The van der Waals surface area contributed by atoms with Crippen molar-refractivity contribution in [3.8, 4) is 0 Å². The molecule has 2 unspecified atom stereocenters. The maximum absolute atomic E-state index is 12.6. The van der Waals surface area contributed by atoms with Crippen LogP contribution < -0.4 is 5.73 Å². The number of carbonyl (C=O) groups excluding carboxylic acids is 1. The minimum atomic E-state index is 0.00245. The van der Waals surface area contributed by atoms with Gasteiger partial charge < -0.3 is 10.5 Å². The lowest BCUT2D eigenvalue weighted by Gasteiger charge is -2.43. The summed E-state index contributed by atoms with van der Waals surface area (Å²) in [6.07, 6.45) is 9.40. The Bertz CT molecular complexity index is 347. The van der Waals surface area contributed by atoms with E-state index >= 15 is 0 Å². The summed E-state index contributed by atoms with van der Waals surface area (Å²) in [5.41, 5.74) is 6.40. The van der Waals surface area contributed by atoms with Crippen LogP contribution >= 0.6 is 0 Å². The van der Waals surface area contributed by atoms with Crippen LogP contribution in [0.2, 0.25) is 0 Å². The van der Waals surface area contributed by atoms with E-state index in [0.29, 0.717) is 12.2 Å². The predicted octanol–water partition coefficient (Wildman–Crippen LogP) is 3.84. The van der Waals surface area contributed by atoms with E-state index in [-0.39, 0.29) is 23.0 Å². The van der Waals surface area contributed by atoms with Crippen LogP contribution in [0.1, 0.15) is 78.6 Å². The molecule has 1 saturated heterocycles. The molecule has 2 fully saturated rings. The molecule has 0 aromatic heterocycles. The molecule has 1 spiro atoms. The molecular formula is C18H33NO2. The average molecular weight is 295 g/mol. The van der Waals surface area contributed by atoms with Gasteiger partial charge in [-0.2, -0.15) is 0 Å². The molecule has 2 atom stereocenters. The van der Waals surface area contributed by atoms with Gasteiger partial charge in [0.15, 0.2) is 0 Å². The first-order valence-corrected chi connectivity index (χ1v) is 8.72. The van der Waals surface area contributed by atoms with Gasteiger partial charge in [-0.15, -0.1) is 0 Å². The number of rotatable bonds is 4. The van der Waals surface area contributed by atoms with E-state index in [4.69, 9.17) is 10.5 Å². The second kappa shape index (κ2) is 6.78. The van der Waals surface area contributed by atoms with Crippen LogP contribution in [0.25, 0.3) is 0 Å². The van der Waals surface area contributed by atoms with Crippen LogP contribution in [-0.2, 0) is 9.53 Å². The van der Waals surface area contributed by atoms with E-state index < -0.39 is 0 Å². The van der Waals surface area contributed by atoms with Gasteiger partial charge in [-0.1, -0.05) is 40.0 Å². The summed E-state index contributed by atoms with van der Waals surface area (Å²) < 4.78 is 6.09. The van der Waals surface area contributed by atoms with Gasteiger partial charge in [-0.25, -0.2) is 0 Å². The predicted molar refractivity (Wildman–Crippen MR) is 86.2 cm³/mol. The molecule has 21 heavy (non-hydrogen) atoms. The summed E-state index contributed by atoms with van der Waals surface area (Å²) in [6, 6.07) is 0.00245. The number of nitrogens with two attached hydrogens (primary N) is 1. The molecule has 2 N–H and O–H groups in total. The Morgan fingerprint density at radius 2 is 1.95 bits per heavy atom. The molecule has 1 aliphatic carbocycles. The van der Waals surface area contributed by atoms with Gasteiger partial charge in [-0.05, 0) is 37.5 Å². The van der Waals surface area contributed by atoms with E-state index in [0.717, 1.165) is 38.7 Å². The maximum atomic E-state index is 12.6. The minimum Gasteiger partial charge on any atom is -0.375 e. The topological polar surface area (TPSA) is 52.3 Å². The molecule has 1 saturated carbocycles. The second-order valence-electron chi connectivity index (χ2n) is 8.48. The lowest BCUT2D eigenvalue weighted by molar-refractivity contribution is -0.143. The number of hydrogen-bond acceptors (Lipinski definition) is 3. The Morgan fingerprint density at radius 3 is 2.57 bits per heavy atom. The van der Waals surface area contributed by atoms with E-state index in [2.05, 4.69) is 20.8 Å². The molecule has 3 heteroatoms. The summed E-state index contributed by atoms with van der Waals surface area (Å²) in [5.74, 6) is 0.558. The molecule has 0 radical (unpaired) electrons. The van der Waals surface area contributed by atoms with Gasteiger partial charge in [0.2, 0.25) is 0 Å². The van der Waals surface area contributed by atoms with Crippen molar-refractivity contribution < 1.29 is 9.53 Å². The SMILES string of the molecule is CC(C)(C)CC(N)CC(=O)C1CCOC2(CCCCC2)C1. The van der Waals surface area contributed by atoms with Crippen LogP contribution in [0, 0.1) is 11.3 Å². The number of ether oxygens (including phenoxy) is 1. The van der Waals surface area contributed by atoms with Gasteiger partial charge in [-0.3, -0.25) is 4.79 Å². The van der Waals surface area contributed by atoms with Crippen molar-refractivity contribution in [3.05, 3.63) is 0 Å². The fourth-order valence-electron chi connectivity index (χ4n) is 4.13. The van der Waals surface area contributed by atoms with E-state index in [9.17, 15) is 4.79 Å². The van der Waals surface area contributed by atoms with Gasteiger partial charge in [0.1, 0.15) is 5.78 Å². The standard InChI is InChI=1S/C18H33NO2/c1-17(2,3)13-15(19)11-16(20)14-7-10-21-18(12-14)8-5-4-6-9-18/h14-15H,4-13,19H2,1-3H3. The third-order valence-corrected chi connectivity index (χ3v) is 5.05. The highest BCUT2D eigenvalue weighted by molar-refractivity contribution is 5.81. The van der Waals surface area contributed by atoms with Gasteiger partial charge in [0.05, 0.1) is 5.60 Å². The van der Waals surface area contributed by atoms with Crippen LogP contribution in [0.15, 0.2) is 0 Å². The number of ketones is 1. The number of Topliss-reactive ketones (excluding diaryl/α,β-unsaturated/α-hetero) is 1. The van der Waals surface area contributed by atoms with Gasteiger partial charge in [0.25, 0.3) is 0 Å². The first-order valence-electron chi connectivity index (χ1n) is 8.72. The Balaban J connectivity index is 1.87. The highest BCUT2D eigenvalue weighted by atomic mass is 16.5. The molecule has 1 heterocycles. The normalized spacial score (nSPS) is 27.5. The fourth-order valence-corrected chi connectivity index (χ4v) is 4.13. The summed E-state index contributed by atoms with van der Waals surface area (Å²) >= 11 is 0. The zero-order valence-corrected chi connectivity index (χ0v) is 14.1. The van der Waals surface area contributed by atoms with Crippen molar-refractivity contribution in [1.82, 2.24) is 0 Å². The molecular weight excluding hydrogens is 262 g/mol. The number of carbonyl (C=O) groups is 1. The van der Waals surface area contributed by atoms with Crippen molar-refractivity contribution in [1.29, 1.82) is 0 Å². The Hall–Kier alpha value is -0.410. The van der Waals surface area contributed by atoms with Crippen LogP contribution in [0.5, 0.6) is 0 Å². The molecule has 2 rings (SSSR count). The minimum absolute atomic E-state index is 0.00245. The maximum Gasteiger partial charge on any atom is 0.137 e. The molecule has 122 valence electrons. The van der Waals surface area contributed by atoms with Crippen LogP contribution in [0.4, 0.5) is 0 Å². The monoisotopic (exact) mass is 295 g/mol. The van der Waals surface area contributed by atoms with E-state index in [1.807, 2.05) is 0 Å². The average Bonchev–Trinajstić information content (AvgIpc) is 2.37. The van der Waals surface area contributed by atoms with Crippen molar-refractivity contribution in [2.45, 2.75) is 90.2 Å². The highest BCUT2D eigenvalue weighted by Gasteiger charge is 2.40. The van der Waals surface area contributed by atoms with Crippen molar-refractivity contribution in [3.63, 3.8) is 0 Å². The largest absolute Gasteiger partial charge is 0.375 e. The lowest BCUT2D eigenvalue weighted by Crippen LogP contribution is -2.44. The first-order chi connectivity index (χ1) is 9.80. The molecule has 0 aromatic carbocycles. The Morgan fingerprint density at radius 1 is 1.29 bits per heavy atom. The molecule has 0 bridgehead atoms. The molecule has 0 aromatic rings. The number of hydrogen-bond donors (Lipinski definition) is 1. The molecule has 3 nitrogen and oxygen atoms in total. The zero-order valence-electron chi connectivity index (χ0n) is 14.1. The summed E-state index contributed by atoms with van der Waals surface area (Å²) in [7, 11) is 0. The van der Waals surface area contributed by atoms with E-state index in [1.54, 1.807) is 0 Å². The van der Waals surface area contributed by atoms with Crippen molar-refractivity contribution >= 4 is 5.78 Å². The summed E-state index contributed by atoms with van der Waals surface area (Å²) in [4.78, 5) is 12.6. The molecule has 0 amide bonds. The third kappa shape index (κ3) is 5.07. The highest BCUT2D eigenvalue weighted by Crippen LogP contribution is 2.41. The van der Waals surface area contributed by atoms with Crippen LogP contribution in [0.3, 0.4) is 0 Å². The van der Waals surface area contributed by atoms with Crippen molar-refractivity contribution in [2.75, 3.05) is 6.61 Å². The third-order valence-electron chi connectivity index (χ3n) is 5.05. The van der Waals surface area contributed by atoms with Gasteiger partial charge in [0, 0.05) is 25.0 Å². The Labute approximate surface area is 130 Å². The fraction of sp³-hybridized carbons (Fsp3) is 0.944.